The number of aromatic nitrogens is 4. The van der Waals surface area contributed by atoms with Crippen LogP contribution >= 0.6 is 15.9 Å². The van der Waals surface area contributed by atoms with E-state index >= 15 is 0 Å². The first-order valence-electron chi connectivity index (χ1n) is 5.16. The van der Waals surface area contributed by atoms with Gasteiger partial charge in [-0.3, -0.25) is 15.1 Å². The number of pyridine rings is 1. The minimum atomic E-state index is -0.331. The lowest BCUT2D eigenvalue weighted by atomic mass is 10.3. The van der Waals surface area contributed by atoms with Crippen LogP contribution in [0.4, 0.5) is 5.95 Å². The number of ether oxygens (including phenoxy) is 1. The normalized spacial score (nSPS) is 10.1. The first kappa shape index (κ1) is 12.5. The van der Waals surface area contributed by atoms with Gasteiger partial charge < -0.3 is 4.74 Å². The van der Waals surface area contributed by atoms with Crippen molar-refractivity contribution in [1.82, 2.24) is 20.2 Å². The van der Waals surface area contributed by atoms with E-state index in [0.717, 1.165) is 4.47 Å². The Kier molecular flexibility index (Phi) is 3.88. The predicted molar refractivity (Wildman–Crippen MR) is 67.4 cm³/mol. The molecule has 0 aliphatic carbocycles. The second-order valence-corrected chi connectivity index (χ2v) is 4.16. The number of H-pyrrole nitrogens is 1. The van der Waals surface area contributed by atoms with Gasteiger partial charge in [0.2, 0.25) is 5.95 Å². The summed E-state index contributed by atoms with van der Waals surface area (Å²) in [5.74, 6) is -0.105. The van der Waals surface area contributed by atoms with Crippen LogP contribution in [0.1, 0.15) is 17.3 Å². The van der Waals surface area contributed by atoms with Crippen LogP contribution in [0.5, 0.6) is 6.01 Å². The molecule has 2 aromatic rings. The molecule has 0 saturated carbocycles. The molecule has 0 aliphatic rings. The molecule has 2 N–H and O–H groups in total. The maximum atomic E-state index is 11.8. The van der Waals surface area contributed by atoms with Gasteiger partial charge in [0.25, 0.3) is 5.91 Å². The van der Waals surface area contributed by atoms with Gasteiger partial charge in [0.05, 0.1) is 12.2 Å². The summed E-state index contributed by atoms with van der Waals surface area (Å²) in [6.07, 6.45) is 3.05. The number of aromatic amines is 1. The molecule has 8 heteroatoms. The maximum Gasteiger partial charge on any atom is 0.337 e. The van der Waals surface area contributed by atoms with Crippen molar-refractivity contribution in [3.05, 3.63) is 28.5 Å². The molecule has 0 radical (unpaired) electrons. The minimum absolute atomic E-state index is 0.195. The standard InChI is InChI=1S/C10H10BrN5O2/c1-2-18-10-14-9(15-16-10)13-8(17)6-3-7(11)5-12-4-6/h3-5H,2H2,1H3,(H2,13,14,15,16,17). The molecule has 0 bridgehead atoms. The number of halogens is 1. The lowest BCUT2D eigenvalue weighted by Crippen LogP contribution is -2.13. The Morgan fingerprint density at radius 2 is 2.39 bits per heavy atom. The minimum Gasteiger partial charge on any atom is -0.463 e. The number of nitrogens with zero attached hydrogens (tertiary/aromatic N) is 3. The van der Waals surface area contributed by atoms with Gasteiger partial charge in [0, 0.05) is 16.9 Å². The zero-order chi connectivity index (χ0) is 13.0. The SMILES string of the molecule is CCOc1n[nH]c(NC(=O)c2cncc(Br)c2)n1. The van der Waals surface area contributed by atoms with Gasteiger partial charge >= 0.3 is 6.01 Å². The summed E-state index contributed by atoms with van der Waals surface area (Å²) in [5, 5.41) is 8.88. The van der Waals surface area contributed by atoms with Gasteiger partial charge in [-0.1, -0.05) is 0 Å². The van der Waals surface area contributed by atoms with Crippen LogP contribution in [0.25, 0.3) is 0 Å². The van der Waals surface area contributed by atoms with Crippen LogP contribution < -0.4 is 10.1 Å². The zero-order valence-corrected chi connectivity index (χ0v) is 11.1. The van der Waals surface area contributed by atoms with E-state index in [2.05, 4.69) is 41.4 Å². The molecule has 1 amide bonds. The number of amides is 1. The number of nitrogens with one attached hydrogen (secondary N) is 2. The van der Waals surface area contributed by atoms with E-state index in [0.29, 0.717) is 12.2 Å². The molecular formula is C10H10BrN5O2. The van der Waals surface area contributed by atoms with Crippen molar-refractivity contribution in [3.8, 4) is 6.01 Å². The molecular weight excluding hydrogens is 302 g/mol. The van der Waals surface area contributed by atoms with Crippen LogP contribution in [0.15, 0.2) is 22.9 Å². The third-order valence-electron chi connectivity index (χ3n) is 1.94. The largest absolute Gasteiger partial charge is 0.463 e. The molecule has 0 fully saturated rings. The van der Waals surface area contributed by atoms with Crippen molar-refractivity contribution < 1.29 is 9.53 Å². The third kappa shape index (κ3) is 3.04. The topological polar surface area (TPSA) is 92.8 Å². The molecule has 94 valence electrons. The third-order valence-corrected chi connectivity index (χ3v) is 2.37. The van der Waals surface area contributed by atoms with Crippen molar-refractivity contribution >= 4 is 27.8 Å². The highest BCUT2D eigenvalue weighted by atomic mass is 79.9. The number of anilines is 1. The predicted octanol–water partition coefficient (Wildman–Crippen LogP) is 1.61. The Hall–Kier alpha value is -1.96. The second kappa shape index (κ2) is 5.58. The van der Waals surface area contributed by atoms with E-state index in [4.69, 9.17) is 4.74 Å². The van der Waals surface area contributed by atoms with Gasteiger partial charge in [-0.15, -0.1) is 5.10 Å². The molecule has 0 spiro atoms. The highest BCUT2D eigenvalue weighted by Gasteiger charge is 2.10. The van der Waals surface area contributed by atoms with E-state index in [1.807, 2.05) is 6.92 Å². The average molecular weight is 312 g/mol. The Morgan fingerprint density at radius 1 is 1.56 bits per heavy atom. The lowest BCUT2D eigenvalue weighted by Gasteiger charge is -2.00. The quantitative estimate of drug-likeness (QED) is 0.895. The van der Waals surface area contributed by atoms with Gasteiger partial charge in [-0.25, -0.2) is 5.10 Å². The van der Waals surface area contributed by atoms with Gasteiger partial charge in [-0.2, -0.15) is 4.98 Å². The summed E-state index contributed by atoms with van der Waals surface area (Å²) in [4.78, 5) is 19.7. The first-order chi connectivity index (χ1) is 8.69. The molecule has 2 aromatic heterocycles. The van der Waals surface area contributed by atoms with E-state index < -0.39 is 0 Å². The molecule has 2 heterocycles. The summed E-state index contributed by atoms with van der Waals surface area (Å²) < 4.78 is 5.79. The summed E-state index contributed by atoms with van der Waals surface area (Å²) in [7, 11) is 0. The summed E-state index contributed by atoms with van der Waals surface area (Å²) in [6, 6.07) is 1.85. The van der Waals surface area contributed by atoms with Gasteiger partial charge in [0.1, 0.15) is 0 Å². The van der Waals surface area contributed by atoms with Crippen molar-refractivity contribution in [2.24, 2.45) is 0 Å². The summed E-state index contributed by atoms with van der Waals surface area (Å²) in [5.41, 5.74) is 0.415. The first-order valence-corrected chi connectivity index (χ1v) is 5.95. The van der Waals surface area contributed by atoms with E-state index in [1.54, 1.807) is 12.3 Å². The molecule has 0 aliphatic heterocycles. The van der Waals surface area contributed by atoms with Crippen LogP contribution in [0, 0.1) is 0 Å². The Labute approximate surface area is 111 Å². The Balaban J connectivity index is 2.06. The fourth-order valence-electron chi connectivity index (χ4n) is 1.21. The number of carbonyl (C=O) groups excluding carboxylic acids is 1. The lowest BCUT2D eigenvalue weighted by molar-refractivity contribution is 0.102. The van der Waals surface area contributed by atoms with Crippen LogP contribution in [-0.2, 0) is 0 Å². The molecule has 0 atom stereocenters. The van der Waals surface area contributed by atoms with Crippen LogP contribution in [-0.4, -0.2) is 32.7 Å². The second-order valence-electron chi connectivity index (χ2n) is 3.25. The van der Waals surface area contributed by atoms with E-state index in [1.165, 1.54) is 6.20 Å². The number of hydrogen-bond acceptors (Lipinski definition) is 5. The van der Waals surface area contributed by atoms with Gasteiger partial charge in [-0.05, 0) is 28.9 Å². The van der Waals surface area contributed by atoms with Crippen LogP contribution in [0.2, 0.25) is 0 Å². The highest BCUT2D eigenvalue weighted by Crippen LogP contribution is 2.11. The fraction of sp³-hybridized carbons (Fsp3) is 0.200. The van der Waals surface area contributed by atoms with Crippen molar-refractivity contribution in [2.75, 3.05) is 11.9 Å². The van der Waals surface area contributed by atoms with E-state index in [-0.39, 0.29) is 17.9 Å². The molecule has 7 nitrogen and oxygen atoms in total. The average Bonchev–Trinajstić information content (AvgIpc) is 2.77. The Bertz CT molecular complexity index is 557. The number of carbonyl (C=O) groups is 1. The summed E-state index contributed by atoms with van der Waals surface area (Å²) >= 11 is 3.24. The Morgan fingerprint density at radius 3 is 3.11 bits per heavy atom. The monoisotopic (exact) mass is 311 g/mol. The van der Waals surface area contributed by atoms with Crippen molar-refractivity contribution in [3.63, 3.8) is 0 Å². The fourth-order valence-corrected chi connectivity index (χ4v) is 1.58. The molecule has 0 aromatic carbocycles. The van der Waals surface area contributed by atoms with E-state index in [9.17, 15) is 4.79 Å². The zero-order valence-electron chi connectivity index (χ0n) is 9.48. The summed E-state index contributed by atoms with van der Waals surface area (Å²) in [6.45, 7) is 2.28. The maximum absolute atomic E-state index is 11.8. The number of hydrogen-bond donors (Lipinski definition) is 2. The molecule has 2 rings (SSSR count). The smallest absolute Gasteiger partial charge is 0.337 e. The molecule has 0 saturated heterocycles. The van der Waals surface area contributed by atoms with Crippen molar-refractivity contribution in [1.29, 1.82) is 0 Å². The van der Waals surface area contributed by atoms with Gasteiger partial charge in [0.15, 0.2) is 0 Å². The molecule has 18 heavy (non-hydrogen) atoms. The van der Waals surface area contributed by atoms with Crippen LogP contribution in [0.3, 0.4) is 0 Å². The molecule has 0 unspecified atom stereocenters. The van der Waals surface area contributed by atoms with Crippen molar-refractivity contribution in [2.45, 2.75) is 6.92 Å². The number of rotatable bonds is 4. The highest BCUT2D eigenvalue weighted by molar-refractivity contribution is 9.10.